The third-order valence-corrected chi connectivity index (χ3v) is 4.14. The Morgan fingerprint density at radius 3 is 2.35 bits per heavy atom. The molecule has 0 amide bonds. The SMILES string of the molecule is NCCCC[C@H](NC(=S)Nc1ccc(S(N)(=O)=O)cc1)C(=O)O. The number of anilines is 1. The van der Waals surface area contributed by atoms with Crippen molar-refractivity contribution in [1.29, 1.82) is 0 Å². The van der Waals surface area contributed by atoms with Crippen LogP contribution in [-0.4, -0.2) is 37.2 Å². The lowest BCUT2D eigenvalue weighted by molar-refractivity contribution is -0.139. The van der Waals surface area contributed by atoms with Crippen LogP contribution in [0.5, 0.6) is 0 Å². The monoisotopic (exact) mass is 360 g/mol. The molecule has 23 heavy (non-hydrogen) atoms. The van der Waals surface area contributed by atoms with Gasteiger partial charge in [0, 0.05) is 5.69 Å². The highest BCUT2D eigenvalue weighted by molar-refractivity contribution is 7.89. The van der Waals surface area contributed by atoms with Crippen LogP contribution in [0.1, 0.15) is 19.3 Å². The van der Waals surface area contributed by atoms with Crippen LogP contribution in [0.2, 0.25) is 0 Å². The van der Waals surface area contributed by atoms with E-state index < -0.39 is 22.0 Å². The first-order valence-electron chi connectivity index (χ1n) is 6.87. The zero-order valence-corrected chi connectivity index (χ0v) is 14.0. The van der Waals surface area contributed by atoms with E-state index in [-0.39, 0.29) is 10.0 Å². The Morgan fingerprint density at radius 1 is 1.26 bits per heavy atom. The molecular formula is C13H20N4O4S2. The van der Waals surface area contributed by atoms with Crippen molar-refractivity contribution >= 4 is 39.0 Å². The molecular weight excluding hydrogens is 340 g/mol. The molecule has 0 spiro atoms. The van der Waals surface area contributed by atoms with Crippen LogP contribution in [0.25, 0.3) is 0 Å². The van der Waals surface area contributed by atoms with Gasteiger partial charge in [-0.15, -0.1) is 0 Å². The summed E-state index contributed by atoms with van der Waals surface area (Å²) >= 11 is 5.06. The van der Waals surface area contributed by atoms with E-state index in [9.17, 15) is 13.2 Å². The largest absolute Gasteiger partial charge is 0.480 e. The van der Waals surface area contributed by atoms with Gasteiger partial charge in [0.2, 0.25) is 10.0 Å². The molecule has 7 N–H and O–H groups in total. The molecule has 0 aliphatic rings. The van der Waals surface area contributed by atoms with E-state index in [4.69, 9.17) is 28.2 Å². The Bertz CT molecular complexity index is 646. The molecule has 0 aliphatic heterocycles. The van der Waals surface area contributed by atoms with Crippen LogP contribution in [-0.2, 0) is 14.8 Å². The van der Waals surface area contributed by atoms with Crippen LogP contribution in [0.15, 0.2) is 29.2 Å². The Labute approximate surface area is 140 Å². The van der Waals surface area contributed by atoms with Gasteiger partial charge in [0.05, 0.1) is 4.90 Å². The molecule has 1 aromatic carbocycles. The quantitative estimate of drug-likeness (QED) is 0.326. The summed E-state index contributed by atoms with van der Waals surface area (Å²) in [5.41, 5.74) is 5.89. The topological polar surface area (TPSA) is 148 Å². The molecule has 1 rings (SSSR count). The molecule has 8 nitrogen and oxygen atoms in total. The molecule has 0 heterocycles. The number of hydrogen-bond donors (Lipinski definition) is 5. The predicted molar refractivity (Wildman–Crippen MR) is 91.5 cm³/mol. The maximum Gasteiger partial charge on any atom is 0.326 e. The summed E-state index contributed by atoms with van der Waals surface area (Å²) in [5, 5.41) is 19.8. The van der Waals surface area contributed by atoms with Crippen molar-refractivity contribution in [2.45, 2.75) is 30.2 Å². The molecule has 1 aromatic rings. The van der Waals surface area contributed by atoms with Crippen molar-refractivity contribution in [1.82, 2.24) is 5.32 Å². The molecule has 1 atom stereocenters. The van der Waals surface area contributed by atoms with Crippen molar-refractivity contribution in [3.05, 3.63) is 24.3 Å². The van der Waals surface area contributed by atoms with Crippen molar-refractivity contribution in [2.75, 3.05) is 11.9 Å². The molecule has 0 aliphatic carbocycles. The van der Waals surface area contributed by atoms with E-state index in [0.717, 1.165) is 6.42 Å². The number of unbranched alkanes of at least 4 members (excludes halogenated alkanes) is 1. The van der Waals surface area contributed by atoms with Gasteiger partial charge in [-0.3, -0.25) is 0 Å². The van der Waals surface area contributed by atoms with Crippen molar-refractivity contribution in [3.63, 3.8) is 0 Å². The summed E-state index contributed by atoms with van der Waals surface area (Å²) in [5.74, 6) is -1.00. The van der Waals surface area contributed by atoms with Gasteiger partial charge in [-0.25, -0.2) is 18.4 Å². The lowest BCUT2D eigenvalue weighted by Gasteiger charge is -2.17. The van der Waals surface area contributed by atoms with E-state index in [2.05, 4.69) is 10.6 Å². The number of thiocarbonyl (C=S) groups is 1. The maximum absolute atomic E-state index is 11.2. The summed E-state index contributed by atoms with van der Waals surface area (Å²) in [6.45, 7) is 0.505. The Balaban J connectivity index is 2.62. The number of primary sulfonamides is 1. The lowest BCUT2D eigenvalue weighted by atomic mass is 10.1. The molecule has 0 fully saturated rings. The van der Waals surface area contributed by atoms with Crippen LogP contribution in [0.4, 0.5) is 5.69 Å². The van der Waals surface area contributed by atoms with Crippen molar-refractivity contribution in [3.8, 4) is 0 Å². The highest BCUT2D eigenvalue weighted by Crippen LogP contribution is 2.12. The summed E-state index contributed by atoms with van der Waals surface area (Å²) in [4.78, 5) is 11.2. The number of sulfonamides is 1. The maximum atomic E-state index is 11.2. The molecule has 128 valence electrons. The van der Waals surface area contributed by atoms with Crippen LogP contribution >= 0.6 is 12.2 Å². The average molecular weight is 360 g/mol. The molecule has 0 aromatic heterocycles. The van der Waals surface area contributed by atoms with Gasteiger partial charge < -0.3 is 21.5 Å². The first-order chi connectivity index (χ1) is 10.7. The zero-order chi connectivity index (χ0) is 17.5. The van der Waals surface area contributed by atoms with Crippen LogP contribution in [0, 0.1) is 0 Å². The number of carbonyl (C=O) groups is 1. The highest BCUT2D eigenvalue weighted by atomic mass is 32.2. The van der Waals surface area contributed by atoms with E-state index in [0.29, 0.717) is 25.1 Å². The van der Waals surface area contributed by atoms with Crippen molar-refractivity contribution < 1.29 is 18.3 Å². The van der Waals surface area contributed by atoms with Crippen LogP contribution < -0.4 is 21.5 Å². The molecule has 10 heteroatoms. The number of carboxylic acid groups (broad SMARTS) is 1. The first-order valence-corrected chi connectivity index (χ1v) is 8.82. The molecule has 0 radical (unpaired) electrons. The molecule has 0 saturated heterocycles. The van der Waals surface area contributed by atoms with Crippen molar-refractivity contribution in [2.24, 2.45) is 10.9 Å². The van der Waals surface area contributed by atoms with E-state index in [1.54, 1.807) is 0 Å². The van der Waals surface area contributed by atoms with E-state index >= 15 is 0 Å². The smallest absolute Gasteiger partial charge is 0.326 e. The lowest BCUT2D eigenvalue weighted by Crippen LogP contribution is -2.42. The van der Waals surface area contributed by atoms with Gasteiger partial charge >= 0.3 is 5.97 Å². The minimum Gasteiger partial charge on any atom is -0.480 e. The summed E-state index contributed by atoms with van der Waals surface area (Å²) in [7, 11) is -3.76. The zero-order valence-electron chi connectivity index (χ0n) is 12.4. The second kappa shape index (κ2) is 8.77. The second-order valence-corrected chi connectivity index (χ2v) is 6.81. The standard InChI is InChI=1S/C13H20N4O4S2/c14-8-2-1-3-11(12(18)19)17-13(22)16-9-4-6-10(7-5-9)23(15,20)21/h4-7,11H,1-3,8,14H2,(H,18,19)(H2,15,20,21)(H2,16,17,22)/t11-/m0/s1. The second-order valence-electron chi connectivity index (χ2n) is 4.84. The number of benzene rings is 1. The number of nitrogens with two attached hydrogens (primary N) is 2. The molecule has 0 unspecified atom stereocenters. The van der Waals surface area contributed by atoms with Gasteiger partial charge in [-0.1, -0.05) is 0 Å². The predicted octanol–water partition coefficient (Wildman–Crippen LogP) is 0.203. The molecule has 0 bridgehead atoms. The third-order valence-electron chi connectivity index (χ3n) is 2.99. The fourth-order valence-corrected chi connectivity index (χ4v) is 2.58. The van der Waals surface area contributed by atoms with Gasteiger partial charge in [0.25, 0.3) is 0 Å². The van der Waals surface area contributed by atoms with Gasteiger partial charge in [0.1, 0.15) is 6.04 Å². The fourth-order valence-electron chi connectivity index (χ4n) is 1.80. The number of carboxylic acids is 1. The first kappa shape index (κ1) is 19.3. The highest BCUT2D eigenvalue weighted by Gasteiger charge is 2.17. The van der Waals surface area contributed by atoms with Crippen LogP contribution in [0.3, 0.4) is 0 Å². The van der Waals surface area contributed by atoms with Gasteiger partial charge in [-0.2, -0.15) is 0 Å². The van der Waals surface area contributed by atoms with Gasteiger partial charge in [0.15, 0.2) is 5.11 Å². The third kappa shape index (κ3) is 6.91. The minimum atomic E-state index is -3.76. The number of hydrogen-bond acceptors (Lipinski definition) is 5. The normalized spacial score (nSPS) is 12.4. The fraction of sp³-hybridized carbons (Fsp3) is 0.385. The Hall–Kier alpha value is -1.75. The summed E-state index contributed by atoms with van der Waals surface area (Å²) in [6.07, 6.45) is 1.81. The van der Waals surface area contributed by atoms with E-state index in [1.165, 1.54) is 24.3 Å². The summed E-state index contributed by atoms with van der Waals surface area (Å²) < 4.78 is 22.3. The number of aliphatic carboxylic acids is 1. The average Bonchev–Trinajstić information content (AvgIpc) is 2.45. The number of rotatable bonds is 8. The van der Waals surface area contributed by atoms with E-state index in [1.807, 2.05) is 0 Å². The Morgan fingerprint density at radius 2 is 1.87 bits per heavy atom. The Kier molecular flexibility index (Phi) is 7.36. The number of nitrogens with one attached hydrogen (secondary N) is 2. The molecule has 0 saturated carbocycles. The summed E-state index contributed by atoms with van der Waals surface area (Å²) in [6, 6.07) is 4.81. The minimum absolute atomic E-state index is 0.0212. The van der Waals surface area contributed by atoms with Gasteiger partial charge in [-0.05, 0) is 62.3 Å².